The fraction of sp³-hybridized carbons (Fsp3) is 0.429. The number of carbonyl (C=O) groups excluding carboxylic acids is 1. The van der Waals surface area contributed by atoms with Crippen LogP contribution in [0.1, 0.15) is 22.2 Å². The van der Waals surface area contributed by atoms with Gasteiger partial charge in [0, 0.05) is 54.5 Å². The van der Waals surface area contributed by atoms with Crippen LogP contribution in [0.15, 0.2) is 18.2 Å². The largest absolute Gasteiger partial charge is 0.380 e. The third-order valence-electron chi connectivity index (χ3n) is 4.37. The smallest absolute Gasteiger partial charge is 0.262 e. The van der Waals surface area contributed by atoms with Crippen LogP contribution in [-0.4, -0.2) is 64.8 Å². The lowest BCUT2D eigenvalue weighted by Crippen LogP contribution is -2.31. The fourth-order valence-corrected chi connectivity index (χ4v) is 4.49. The van der Waals surface area contributed by atoms with Gasteiger partial charge < -0.3 is 19.9 Å². The van der Waals surface area contributed by atoms with E-state index in [9.17, 15) is 10.1 Å². The van der Waals surface area contributed by atoms with Crippen LogP contribution in [-0.2, 0) is 4.74 Å². The first kappa shape index (κ1) is 24.4. The Hall–Kier alpha value is -1.82. The Kier molecular flexibility index (Phi) is 9.40. The topological polar surface area (TPSA) is 68.6 Å². The van der Waals surface area contributed by atoms with Crippen LogP contribution < -0.4 is 10.2 Å². The predicted octanol–water partition coefficient (Wildman–Crippen LogP) is 4.36. The van der Waals surface area contributed by atoms with E-state index in [2.05, 4.69) is 11.4 Å². The number of amides is 1. The van der Waals surface area contributed by atoms with Gasteiger partial charge in [-0.1, -0.05) is 29.3 Å². The second kappa shape index (κ2) is 11.5. The van der Waals surface area contributed by atoms with Crippen molar-refractivity contribution in [2.24, 2.45) is 0 Å². The van der Waals surface area contributed by atoms with Gasteiger partial charge in [-0.25, -0.2) is 0 Å². The first-order valence-electron chi connectivity index (χ1n) is 9.54. The lowest BCUT2D eigenvalue weighted by atomic mass is 10.0. The van der Waals surface area contributed by atoms with E-state index in [4.69, 9.17) is 27.9 Å². The average molecular weight is 469 g/mol. The van der Waals surface area contributed by atoms with Crippen molar-refractivity contribution in [2.75, 3.05) is 58.9 Å². The average Bonchev–Trinajstić information content (AvgIpc) is 3.07. The maximum atomic E-state index is 13.0. The summed E-state index contributed by atoms with van der Waals surface area (Å²) in [6.07, 6.45) is 0. The van der Waals surface area contributed by atoms with Crippen LogP contribution in [0.4, 0.5) is 5.00 Å². The molecule has 0 unspecified atom stereocenters. The molecular weight excluding hydrogens is 443 g/mol. The van der Waals surface area contributed by atoms with Crippen LogP contribution in [0, 0.1) is 11.3 Å². The highest BCUT2D eigenvalue weighted by molar-refractivity contribution is 7.19. The lowest BCUT2D eigenvalue weighted by molar-refractivity contribution is 0.0955. The van der Waals surface area contributed by atoms with Crippen LogP contribution in [0.5, 0.6) is 0 Å². The number of carbonyl (C=O) groups is 1. The molecule has 9 heteroatoms. The van der Waals surface area contributed by atoms with Crippen LogP contribution >= 0.6 is 34.5 Å². The van der Waals surface area contributed by atoms with E-state index in [0.717, 1.165) is 0 Å². The molecule has 0 spiro atoms. The molecule has 0 saturated heterocycles. The van der Waals surface area contributed by atoms with Crippen molar-refractivity contribution in [2.45, 2.75) is 6.92 Å². The number of anilines is 1. The third-order valence-corrected chi connectivity index (χ3v) is 6.23. The van der Waals surface area contributed by atoms with Crippen LogP contribution in [0.25, 0.3) is 11.1 Å². The number of benzene rings is 1. The highest BCUT2D eigenvalue weighted by Gasteiger charge is 2.27. The molecule has 1 aromatic heterocycles. The van der Waals surface area contributed by atoms with Crippen molar-refractivity contribution in [3.63, 3.8) is 0 Å². The molecule has 162 valence electrons. The maximum Gasteiger partial charge on any atom is 0.262 e. The number of ether oxygens (including phenoxy) is 1. The standard InChI is InChI=1S/C21H26Cl2N4O2S/c1-5-29-11-10-27(4)21-16(13-24)18(15-7-6-14(22)12-17(15)23)19(30-21)20(28)25-8-9-26(2)3/h6-7,12H,5,8-11H2,1-4H3,(H,25,28). The van der Waals surface area contributed by atoms with Gasteiger partial charge >= 0.3 is 0 Å². The highest BCUT2D eigenvalue weighted by atomic mass is 35.5. The van der Waals surface area contributed by atoms with Crippen molar-refractivity contribution in [1.29, 1.82) is 5.26 Å². The summed E-state index contributed by atoms with van der Waals surface area (Å²) in [7, 11) is 5.76. The number of nitrogens with zero attached hydrogens (tertiary/aromatic N) is 3. The molecule has 0 aliphatic rings. The molecule has 0 bridgehead atoms. The van der Waals surface area contributed by atoms with Gasteiger partial charge in [0.1, 0.15) is 15.9 Å². The second-order valence-corrected chi connectivity index (χ2v) is 8.74. The number of likely N-dealkylation sites (N-methyl/N-ethyl adjacent to an activating group) is 2. The normalized spacial score (nSPS) is 10.9. The number of hydrogen-bond donors (Lipinski definition) is 1. The van der Waals surface area contributed by atoms with Gasteiger partial charge in [0.25, 0.3) is 5.91 Å². The van der Waals surface area contributed by atoms with E-state index in [1.165, 1.54) is 11.3 Å². The second-order valence-electron chi connectivity index (χ2n) is 6.90. The fourth-order valence-electron chi connectivity index (χ4n) is 2.82. The summed E-state index contributed by atoms with van der Waals surface area (Å²) in [6, 6.07) is 7.33. The number of hydrogen-bond acceptors (Lipinski definition) is 6. The molecule has 0 atom stereocenters. The Bertz CT molecular complexity index is 924. The van der Waals surface area contributed by atoms with E-state index in [0.29, 0.717) is 69.5 Å². The third kappa shape index (κ3) is 6.10. The molecule has 2 rings (SSSR count). The van der Waals surface area contributed by atoms with E-state index in [1.54, 1.807) is 18.2 Å². The molecule has 2 aromatic rings. The first-order chi connectivity index (χ1) is 14.3. The number of nitriles is 1. The zero-order chi connectivity index (χ0) is 22.3. The molecule has 1 aromatic carbocycles. The van der Waals surface area contributed by atoms with Gasteiger partial charge in [-0.05, 0) is 33.2 Å². The number of halogens is 2. The lowest BCUT2D eigenvalue weighted by Gasteiger charge is -2.17. The summed E-state index contributed by atoms with van der Waals surface area (Å²) in [5.74, 6) is -0.233. The Morgan fingerprint density at radius 2 is 2.00 bits per heavy atom. The predicted molar refractivity (Wildman–Crippen MR) is 125 cm³/mol. The molecule has 1 heterocycles. The minimum atomic E-state index is -0.233. The van der Waals surface area contributed by atoms with Gasteiger partial charge in [0.05, 0.1) is 12.2 Å². The minimum absolute atomic E-state index is 0.233. The zero-order valence-electron chi connectivity index (χ0n) is 17.6. The Balaban J connectivity index is 2.52. The number of nitrogens with one attached hydrogen (secondary N) is 1. The SMILES string of the molecule is CCOCCN(C)c1sc(C(=O)NCCN(C)C)c(-c2ccc(Cl)cc2Cl)c1C#N. The summed E-state index contributed by atoms with van der Waals surface area (Å²) in [5.41, 5.74) is 1.56. The summed E-state index contributed by atoms with van der Waals surface area (Å²) in [5, 5.41) is 14.5. The molecule has 0 aliphatic heterocycles. The molecule has 0 radical (unpaired) electrons. The highest BCUT2D eigenvalue weighted by Crippen LogP contribution is 2.44. The van der Waals surface area contributed by atoms with Gasteiger partial charge in [-0.15, -0.1) is 11.3 Å². The van der Waals surface area contributed by atoms with Crippen molar-refractivity contribution in [1.82, 2.24) is 10.2 Å². The summed E-state index contributed by atoms with van der Waals surface area (Å²) >= 11 is 13.8. The zero-order valence-corrected chi connectivity index (χ0v) is 19.9. The van der Waals surface area contributed by atoms with Gasteiger partial charge in [0.15, 0.2) is 0 Å². The molecule has 0 fully saturated rings. The number of rotatable bonds is 10. The van der Waals surface area contributed by atoms with Gasteiger partial charge in [0.2, 0.25) is 0 Å². The molecule has 30 heavy (non-hydrogen) atoms. The summed E-state index contributed by atoms with van der Waals surface area (Å²) in [4.78, 5) is 17.4. The van der Waals surface area contributed by atoms with E-state index in [1.807, 2.05) is 37.9 Å². The maximum absolute atomic E-state index is 13.0. The monoisotopic (exact) mass is 468 g/mol. The summed E-state index contributed by atoms with van der Waals surface area (Å²) in [6.45, 7) is 4.88. The minimum Gasteiger partial charge on any atom is -0.380 e. The van der Waals surface area contributed by atoms with E-state index >= 15 is 0 Å². The molecule has 1 amide bonds. The molecule has 6 nitrogen and oxygen atoms in total. The van der Waals surface area contributed by atoms with Gasteiger partial charge in [-0.2, -0.15) is 5.26 Å². The number of thiophene rings is 1. The summed E-state index contributed by atoms with van der Waals surface area (Å²) < 4.78 is 5.44. The van der Waals surface area contributed by atoms with Crippen molar-refractivity contribution in [3.8, 4) is 17.2 Å². The Morgan fingerprint density at radius 3 is 2.60 bits per heavy atom. The van der Waals surface area contributed by atoms with Crippen molar-refractivity contribution >= 4 is 45.4 Å². The molecule has 0 saturated carbocycles. The van der Waals surface area contributed by atoms with Crippen molar-refractivity contribution in [3.05, 3.63) is 38.7 Å². The quantitative estimate of drug-likeness (QED) is 0.524. The van der Waals surface area contributed by atoms with Crippen molar-refractivity contribution < 1.29 is 9.53 Å². The Labute approximate surface area is 191 Å². The van der Waals surface area contributed by atoms with Gasteiger partial charge in [-0.3, -0.25) is 4.79 Å². The Morgan fingerprint density at radius 1 is 1.27 bits per heavy atom. The van der Waals surface area contributed by atoms with Crippen LogP contribution in [0.3, 0.4) is 0 Å². The van der Waals surface area contributed by atoms with Crippen LogP contribution in [0.2, 0.25) is 10.0 Å². The van der Waals surface area contributed by atoms with E-state index < -0.39 is 0 Å². The van der Waals surface area contributed by atoms with E-state index in [-0.39, 0.29) is 5.91 Å². The first-order valence-corrected chi connectivity index (χ1v) is 11.1. The molecule has 1 N–H and O–H groups in total. The molecular formula is C21H26Cl2N4O2S. The molecule has 0 aliphatic carbocycles.